The van der Waals surface area contributed by atoms with Gasteiger partial charge in [0.15, 0.2) is 0 Å². The molecule has 1 unspecified atom stereocenters. The average molecular weight is 210 g/mol. The van der Waals surface area contributed by atoms with Gasteiger partial charge in [0, 0.05) is 0 Å². The zero-order valence-corrected chi connectivity index (χ0v) is 10.0. The summed E-state index contributed by atoms with van der Waals surface area (Å²) in [6.07, 6.45) is 8.77. The van der Waals surface area contributed by atoms with Crippen LogP contribution < -0.4 is 0 Å². The molecular formula is C13H22O2. The van der Waals surface area contributed by atoms with E-state index in [1.807, 2.05) is 20.8 Å². The van der Waals surface area contributed by atoms with Crippen molar-refractivity contribution < 1.29 is 9.90 Å². The van der Waals surface area contributed by atoms with E-state index in [-0.39, 0.29) is 5.41 Å². The molecular weight excluding hydrogens is 188 g/mol. The van der Waals surface area contributed by atoms with Gasteiger partial charge >= 0.3 is 5.97 Å². The van der Waals surface area contributed by atoms with E-state index in [1.165, 1.54) is 0 Å². The van der Waals surface area contributed by atoms with Crippen LogP contribution >= 0.6 is 0 Å². The van der Waals surface area contributed by atoms with Gasteiger partial charge in [0.1, 0.15) is 0 Å². The number of hydrogen-bond donors (Lipinski definition) is 1. The Balaban J connectivity index is 2.98. The Labute approximate surface area is 92.4 Å². The predicted molar refractivity (Wildman–Crippen MR) is 61.7 cm³/mol. The monoisotopic (exact) mass is 210 g/mol. The van der Waals surface area contributed by atoms with Crippen LogP contribution in [0, 0.1) is 10.8 Å². The molecule has 0 aromatic rings. The lowest BCUT2D eigenvalue weighted by molar-refractivity contribution is -0.158. The zero-order valence-electron chi connectivity index (χ0n) is 10.0. The summed E-state index contributed by atoms with van der Waals surface area (Å²) in [4.78, 5) is 11.6. The Morgan fingerprint density at radius 1 is 1.20 bits per heavy atom. The molecule has 15 heavy (non-hydrogen) atoms. The van der Waals surface area contributed by atoms with Gasteiger partial charge in [-0.2, -0.15) is 0 Å². The summed E-state index contributed by atoms with van der Waals surface area (Å²) in [5.74, 6) is -0.620. The van der Waals surface area contributed by atoms with Crippen molar-refractivity contribution in [1.82, 2.24) is 0 Å². The lowest BCUT2D eigenvalue weighted by atomic mass is 9.61. The lowest BCUT2D eigenvalue weighted by Gasteiger charge is -2.42. The van der Waals surface area contributed by atoms with Crippen molar-refractivity contribution in [2.75, 3.05) is 0 Å². The molecule has 2 nitrogen and oxygen atoms in total. The quantitative estimate of drug-likeness (QED) is 0.671. The Morgan fingerprint density at radius 3 is 2.33 bits per heavy atom. The van der Waals surface area contributed by atoms with E-state index in [9.17, 15) is 9.90 Å². The molecule has 1 aliphatic rings. The molecule has 1 N–H and O–H groups in total. The molecule has 0 aromatic carbocycles. The molecule has 0 bridgehead atoms. The molecule has 0 aliphatic heterocycles. The van der Waals surface area contributed by atoms with Crippen LogP contribution in [0.2, 0.25) is 0 Å². The highest BCUT2D eigenvalue weighted by molar-refractivity contribution is 5.75. The fraction of sp³-hybridized carbons (Fsp3) is 0.769. The number of carbonyl (C=O) groups is 1. The molecule has 0 amide bonds. The third-order valence-corrected chi connectivity index (χ3v) is 3.72. The van der Waals surface area contributed by atoms with Crippen LogP contribution in [0.5, 0.6) is 0 Å². The lowest BCUT2D eigenvalue weighted by Crippen LogP contribution is -2.43. The molecule has 86 valence electrons. The van der Waals surface area contributed by atoms with Crippen LogP contribution in [-0.4, -0.2) is 11.1 Å². The van der Waals surface area contributed by atoms with Crippen molar-refractivity contribution in [1.29, 1.82) is 0 Å². The maximum atomic E-state index is 11.6. The highest BCUT2D eigenvalue weighted by Crippen LogP contribution is 2.47. The van der Waals surface area contributed by atoms with Crippen molar-refractivity contribution in [2.24, 2.45) is 10.8 Å². The van der Waals surface area contributed by atoms with Gasteiger partial charge in [-0.05, 0) is 37.5 Å². The molecule has 0 radical (unpaired) electrons. The number of allylic oxidation sites excluding steroid dienone is 2. The van der Waals surface area contributed by atoms with E-state index in [0.29, 0.717) is 0 Å². The number of aliphatic carboxylic acids is 1. The number of hydrogen-bond acceptors (Lipinski definition) is 1. The number of carboxylic acid groups (broad SMARTS) is 1. The van der Waals surface area contributed by atoms with Crippen LogP contribution in [0.15, 0.2) is 12.2 Å². The molecule has 1 rings (SSSR count). The predicted octanol–water partition coefficient (Wildman–Crippen LogP) is 3.62. The fourth-order valence-electron chi connectivity index (χ4n) is 2.50. The van der Waals surface area contributed by atoms with Gasteiger partial charge in [-0.3, -0.25) is 4.79 Å². The van der Waals surface area contributed by atoms with E-state index in [4.69, 9.17) is 0 Å². The molecule has 2 heteroatoms. The van der Waals surface area contributed by atoms with E-state index >= 15 is 0 Å². The van der Waals surface area contributed by atoms with Crippen molar-refractivity contribution in [3.8, 4) is 0 Å². The second-order valence-corrected chi connectivity index (χ2v) is 5.54. The highest BCUT2D eigenvalue weighted by atomic mass is 16.4. The second-order valence-electron chi connectivity index (χ2n) is 5.54. The van der Waals surface area contributed by atoms with Crippen molar-refractivity contribution in [2.45, 2.75) is 52.9 Å². The Bertz CT molecular complexity index is 260. The van der Waals surface area contributed by atoms with Gasteiger partial charge in [-0.15, -0.1) is 0 Å². The third-order valence-electron chi connectivity index (χ3n) is 3.72. The SMILES string of the molecule is CC(C)(C)C1(C(=O)O)CCC=CCCC1. The van der Waals surface area contributed by atoms with E-state index in [0.717, 1.165) is 32.1 Å². The van der Waals surface area contributed by atoms with Crippen molar-refractivity contribution >= 4 is 5.97 Å². The molecule has 0 fully saturated rings. The molecule has 0 saturated carbocycles. The minimum absolute atomic E-state index is 0.163. The smallest absolute Gasteiger partial charge is 0.310 e. The van der Waals surface area contributed by atoms with Gasteiger partial charge in [-0.1, -0.05) is 32.9 Å². The third kappa shape index (κ3) is 2.42. The second kappa shape index (κ2) is 4.38. The molecule has 0 aromatic heterocycles. The van der Waals surface area contributed by atoms with Crippen LogP contribution in [0.3, 0.4) is 0 Å². The first-order valence-electron chi connectivity index (χ1n) is 5.78. The van der Waals surface area contributed by atoms with Gasteiger partial charge < -0.3 is 5.11 Å². The summed E-state index contributed by atoms with van der Waals surface area (Å²) < 4.78 is 0. The van der Waals surface area contributed by atoms with Gasteiger partial charge in [0.2, 0.25) is 0 Å². The van der Waals surface area contributed by atoms with Crippen molar-refractivity contribution in [3.05, 3.63) is 12.2 Å². The first kappa shape index (κ1) is 12.3. The van der Waals surface area contributed by atoms with Crippen LogP contribution in [0.25, 0.3) is 0 Å². The van der Waals surface area contributed by atoms with Gasteiger partial charge in [0.25, 0.3) is 0 Å². The number of carboxylic acids is 1. The largest absolute Gasteiger partial charge is 0.481 e. The average Bonchev–Trinajstić information content (AvgIpc) is 1.99. The maximum absolute atomic E-state index is 11.6. The standard InChI is InChI=1S/C13H22O2/c1-12(2,3)13(11(14)15)9-7-5-4-6-8-10-13/h4-5H,6-10H2,1-3H3,(H,14,15). The van der Waals surface area contributed by atoms with Crippen LogP contribution in [0.4, 0.5) is 0 Å². The summed E-state index contributed by atoms with van der Waals surface area (Å²) in [5, 5.41) is 9.52. The molecule has 1 atom stereocenters. The van der Waals surface area contributed by atoms with E-state index in [2.05, 4.69) is 12.2 Å². The summed E-state index contributed by atoms with van der Waals surface area (Å²) in [6.45, 7) is 6.14. The van der Waals surface area contributed by atoms with Crippen LogP contribution in [-0.2, 0) is 4.79 Å². The summed E-state index contributed by atoms with van der Waals surface area (Å²) >= 11 is 0. The first-order valence-corrected chi connectivity index (χ1v) is 5.78. The summed E-state index contributed by atoms with van der Waals surface area (Å²) in [5.41, 5.74) is -0.707. The Hall–Kier alpha value is -0.790. The molecule has 0 spiro atoms. The molecule has 1 aliphatic carbocycles. The molecule has 0 heterocycles. The highest BCUT2D eigenvalue weighted by Gasteiger charge is 2.47. The van der Waals surface area contributed by atoms with Gasteiger partial charge in [-0.25, -0.2) is 0 Å². The fourth-order valence-corrected chi connectivity index (χ4v) is 2.50. The van der Waals surface area contributed by atoms with Crippen LogP contribution in [0.1, 0.15) is 52.9 Å². The van der Waals surface area contributed by atoms with Crippen molar-refractivity contribution in [3.63, 3.8) is 0 Å². The topological polar surface area (TPSA) is 37.3 Å². The Kier molecular flexibility index (Phi) is 3.58. The van der Waals surface area contributed by atoms with E-state index < -0.39 is 11.4 Å². The summed E-state index contributed by atoms with van der Waals surface area (Å²) in [6, 6.07) is 0. The summed E-state index contributed by atoms with van der Waals surface area (Å²) in [7, 11) is 0. The van der Waals surface area contributed by atoms with Gasteiger partial charge in [0.05, 0.1) is 5.41 Å². The number of rotatable bonds is 1. The minimum atomic E-state index is -0.620. The molecule has 0 saturated heterocycles. The normalized spacial score (nSPS) is 28.2. The first-order chi connectivity index (χ1) is 6.90. The zero-order chi connectivity index (χ0) is 11.5. The van der Waals surface area contributed by atoms with E-state index in [1.54, 1.807) is 0 Å². The minimum Gasteiger partial charge on any atom is -0.481 e. The Morgan fingerprint density at radius 2 is 1.80 bits per heavy atom. The maximum Gasteiger partial charge on any atom is 0.310 e.